The lowest BCUT2D eigenvalue weighted by atomic mass is 9.80. The van der Waals surface area contributed by atoms with Gasteiger partial charge in [0.15, 0.2) is 5.82 Å². The van der Waals surface area contributed by atoms with E-state index < -0.39 is 0 Å². The van der Waals surface area contributed by atoms with Crippen molar-refractivity contribution in [3.8, 4) is 0 Å². The van der Waals surface area contributed by atoms with Crippen molar-refractivity contribution in [3.05, 3.63) is 17.8 Å². The molecule has 2 heterocycles. The van der Waals surface area contributed by atoms with E-state index in [4.69, 9.17) is 5.73 Å². The van der Waals surface area contributed by atoms with Crippen molar-refractivity contribution in [2.75, 3.05) is 18.0 Å². The third kappa shape index (κ3) is 1.81. The molecule has 15 heavy (non-hydrogen) atoms. The van der Waals surface area contributed by atoms with Crippen molar-refractivity contribution in [1.29, 1.82) is 0 Å². The molecular weight excluding hydrogens is 188 g/mol. The molecule has 4 heteroatoms. The summed E-state index contributed by atoms with van der Waals surface area (Å²) in [6.45, 7) is 8.11. The third-order valence-electron chi connectivity index (χ3n) is 3.22. The zero-order valence-corrected chi connectivity index (χ0v) is 9.57. The molecule has 0 aromatic carbocycles. The average molecular weight is 206 g/mol. The number of nitrogens with zero attached hydrogens (tertiary/aromatic N) is 3. The van der Waals surface area contributed by atoms with Crippen LogP contribution in [0.15, 0.2) is 12.3 Å². The molecule has 0 bridgehead atoms. The molecule has 1 aromatic heterocycles. The van der Waals surface area contributed by atoms with Crippen LogP contribution in [-0.4, -0.2) is 28.8 Å². The number of nitrogens with two attached hydrogens (primary N) is 1. The molecule has 1 aromatic rings. The van der Waals surface area contributed by atoms with Gasteiger partial charge < -0.3 is 10.6 Å². The highest BCUT2D eigenvalue weighted by Gasteiger charge is 2.42. The maximum absolute atomic E-state index is 6.22. The summed E-state index contributed by atoms with van der Waals surface area (Å²) in [5.41, 5.74) is 7.31. The molecule has 2 rings (SSSR count). The highest BCUT2D eigenvalue weighted by molar-refractivity contribution is 5.45. The summed E-state index contributed by atoms with van der Waals surface area (Å²) in [4.78, 5) is 2.18. The van der Waals surface area contributed by atoms with Crippen LogP contribution >= 0.6 is 0 Å². The van der Waals surface area contributed by atoms with Gasteiger partial charge in [0, 0.05) is 13.1 Å². The highest BCUT2D eigenvalue weighted by Crippen LogP contribution is 2.29. The predicted molar refractivity (Wildman–Crippen MR) is 60.7 cm³/mol. The highest BCUT2D eigenvalue weighted by atomic mass is 15.3. The first-order chi connectivity index (χ1) is 7.01. The second-order valence-corrected chi connectivity index (χ2v) is 4.84. The van der Waals surface area contributed by atoms with E-state index >= 15 is 0 Å². The van der Waals surface area contributed by atoms with Crippen molar-refractivity contribution in [2.45, 2.75) is 26.3 Å². The second kappa shape index (κ2) is 3.45. The number of anilines is 1. The van der Waals surface area contributed by atoms with E-state index in [1.807, 2.05) is 13.0 Å². The minimum absolute atomic E-state index is 0.0502. The van der Waals surface area contributed by atoms with E-state index in [-0.39, 0.29) is 5.54 Å². The summed E-state index contributed by atoms with van der Waals surface area (Å²) in [5.74, 6) is 1.45. The van der Waals surface area contributed by atoms with Crippen LogP contribution in [0.5, 0.6) is 0 Å². The number of aryl methyl sites for hydroxylation is 1. The van der Waals surface area contributed by atoms with Crippen LogP contribution in [0.2, 0.25) is 0 Å². The normalized spacial score (nSPS) is 19.1. The molecule has 0 atom stereocenters. The topological polar surface area (TPSA) is 55.0 Å². The van der Waals surface area contributed by atoms with Gasteiger partial charge in [0.05, 0.1) is 11.7 Å². The predicted octanol–water partition coefficient (Wildman–Crippen LogP) is 0.959. The lowest BCUT2D eigenvalue weighted by Crippen LogP contribution is -2.70. The molecule has 82 valence electrons. The van der Waals surface area contributed by atoms with Crippen LogP contribution in [0.1, 0.15) is 19.4 Å². The van der Waals surface area contributed by atoms with Crippen LogP contribution in [-0.2, 0) is 0 Å². The van der Waals surface area contributed by atoms with E-state index in [1.165, 1.54) is 0 Å². The summed E-state index contributed by atoms with van der Waals surface area (Å²) in [6.07, 6.45) is 1.77. The van der Waals surface area contributed by atoms with Gasteiger partial charge in [-0.1, -0.05) is 13.8 Å². The second-order valence-electron chi connectivity index (χ2n) is 4.84. The Morgan fingerprint density at radius 1 is 1.47 bits per heavy atom. The number of hydrogen-bond acceptors (Lipinski definition) is 4. The lowest BCUT2D eigenvalue weighted by Gasteiger charge is -2.50. The number of hydrogen-bond donors (Lipinski definition) is 1. The van der Waals surface area contributed by atoms with E-state index in [1.54, 1.807) is 6.20 Å². The third-order valence-corrected chi connectivity index (χ3v) is 3.22. The van der Waals surface area contributed by atoms with Crippen LogP contribution in [0.4, 0.5) is 5.82 Å². The van der Waals surface area contributed by atoms with Crippen LogP contribution < -0.4 is 10.6 Å². The standard InChI is InChI=1S/C11H18N4/c1-8(2)11(12)6-15(7-11)10-4-9(3)5-13-14-10/h4-5,8H,6-7,12H2,1-3H3. The Kier molecular flexibility index (Phi) is 2.38. The Morgan fingerprint density at radius 3 is 2.67 bits per heavy atom. The first-order valence-electron chi connectivity index (χ1n) is 5.34. The fourth-order valence-electron chi connectivity index (χ4n) is 1.79. The smallest absolute Gasteiger partial charge is 0.151 e. The van der Waals surface area contributed by atoms with Crippen molar-refractivity contribution in [2.24, 2.45) is 11.7 Å². The quantitative estimate of drug-likeness (QED) is 0.783. The van der Waals surface area contributed by atoms with Gasteiger partial charge >= 0.3 is 0 Å². The SMILES string of the molecule is Cc1cnnc(N2CC(N)(C(C)C)C2)c1. The van der Waals surface area contributed by atoms with Gasteiger partial charge in [-0.3, -0.25) is 0 Å². The number of rotatable bonds is 2. The van der Waals surface area contributed by atoms with E-state index in [2.05, 4.69) is 28.9 Å². The molecule has 0 unspecified atom stereocenters. The van der Waals surface area contributed by atoms with Crippen molar-refractivity contribution in [1.82, 2.24) is 10.2 Å². The van der Waals surface area contributed by atoms with Crippen LogP contribution in [0.3, 0.4) is 0 Å². The Balaban J connectivity index is 2.06. The first-order valence-corrected chi connectivity index (χ1v) is 5.34. The monoisotopic (exact) mass is 206 g/mol. The fourth-order valence-corrected chi connectivity index (χ4v) is 1.79. The minimum atomic E-state index is -0.0502. The van der Waals surface area contributed by atoms with Gasteiger partial charge in [0.2, 0.25) is 0 Å². The van der Waals surface area contributed by atoms with E-state index in [0.717, 1.165) is 24.5 Å². The summed E-state index contributed by atoms with van der Waals surface area (Å²) in [7, 11) is 0. The molecule has 1 fully saturated rings. The molecule has 0 spiro atoms. The summed E-state index contributed by atoms with van der Waals surface area (Å²) in [6, 6.07) is 2.05. The maximum Gasteiger partial charge on any atom is 0.151 e. The zero-order chi connectivity index (χ0) is 11.1. The average Bonchev–Trinajstić information content (AvgIpc) is 2.12. The Hall–Kier alpha value is -1.16. The van der Waals surface area contributed by atoms with Gasteiger partial charge in [0.25, 0.3) is 0 Å². The summed E-state index contributed by atoms with van der Waals surface area (Å²) >= 11 is 0. The molecule has 4 nitrogen and oxygen atoms in total. The van der Waals surface area contributed by atoms with E-state index in [9.17, 15) is 0 Å². The largest absolute Gasteiger partial charge is 0.351 e. The number of aromatic nitrogens is 2. The molecule has 0 saturated carbocycles. The molecule has 0 radical (unpaired) electrons. The summed E-state index contributed by atoms with van der Waals surface area (Å²) in [5, 5.41) is 8.05. The van der Waals surface area contributed by atoms with E-state index in [0.29, 0.717) is 5.92 Å². The Labute approximate surface area is 90.5 Å². The zero-order valence-electron chi connectivity index (χ0n) is 9.57. The molecule has 0 amide bonds. The summed E-state index contributed by atoms with van der Waals surface area (Å²) < 4.78 is 0. The molecule has 1 saturated heterocycles. The van der Waals surface area contributed by atoms with Gasteiger partial charge in [-0.25, -0.2) is 0 Å². The van der Waals surface area contributed by atoms with Crippen molar-refractivity contribution >= 4 is 5.82 Å². The van der Waals surface area contributed by atoms with Gasteiger partial charge in [-0.15, -0.1) is 5.10 Å². The first kappa shape index (κ1) is 10.4. The Bertz CT molecular complexity index is 355. The van der Waals surface area contributed by atoms with Crippen molar-refractivity contribution in [3.63, 3.8) is 0 Å². The molecule has 0 aliphatic carbocycles. The minimum Gasteiger partial charge on any atom is -0.351 e. The van der Waals surface area contributed by atoms with Gasteiger partial charge in [-0.05, 0) is 24.5 Å². The van der Waals surface area contributed by atoms with Crippen LogP contribution in [0, 0.1) is 12.8 Å². The maximum atomic E-state index is 6.22. The van der Waals surface area contributed by atoms with Gasteiger partial charge in [0.1, 0.15) is 0 Å². The van der Waals surface area contributed by atoms with Crippen molar-refractivity contribution < 1.29 is 0 Å². The molecule has 2 N–H and O–H groups in total. The van der Waals surface area contributed by atoms with Gasteiger partial charge in [-0.2, -0.15) is 5.10 Å². The molecule has 1 aliphatic heterocycles. The Morgan fingerprint density at radius 2 is 2.13 bits per heavy atom. The lowest BCUT2D eigenvalue weighted by molar-refractivity contribution is 0.243. The molecular formula is C11H18N4. The molecule has 1 aliphatic rings. The fraction of sp³-hybridized carbons (Fsp3) is 0.636. The van der Waals surface area contributed by atoms with Crippen LogP contribution in [0.25, 0.3) is 0 Å².